The Morgan fingerprint density at radius 2 is 1.85 bits per heavy atom. The second-order valence-electron chi connectivity index (χ2n) is 5.31. The van der Waals surface area contributed by atoms with E-state index in [0.717, 1.165) is 18.4 Å². The predicted molar refractivity (Wildman–Crippen MR) is 77.4 cm³/mol. The second-order valence-corrected chi connectivity index (χ2v) is 5.31. The van der Waals surface area contributed by atoms with Crippen molar-refractivity contribution in [3.05, 3.63) is 65.0 Å². The molecule has 3 heteroatoms. The molecular weight excluding hydrogens is 253 g/mol. The minimum Gasteiger partial charge on any atom is -0.505 e. The number of aromatic hydroxyl groups is 1. The van der Waals surface area contributed by atoms with Crippen LogP contribution < -0.4 is 5.32 Å². The molecule has 0 spiro atoms. The molecule has 2 N–H and O–H groups in total. The number of hydrogen-bond acceptors (Lipinski definition) is 2. The summed E-state index contributed by atoms with van der Waals surface area (Å²) >= 11 is 0. The fourth-order valence-electron chi connectivity index (χ4n) is 3.18. The maximum atomic E-state index is 13.2. The van der Waals surface area contributed by atoms with Crippen molar-refractivity contribution < 1.29 is 9.50 Å². The van der Waals surface area contributed by atoms with E-state index in [4.69, 9.17) is 0 Å². The molecular formula is C17H18FNO. The lowest BCUT2D eigenvalue weighted by Gasteiger charge is -2.31. The quantitative estimate of drug-likeness (QED) is 0.872. The van der Waals surface area contributed by atoms with Crippen LogP contribution in [0.15, 0.2) is 42.5 Å². The molecule has 0 bridgehead atoms. The Labute approximate surface area is 118 Å². The van der Waals surface area contributed by atoms with Crippen LogP contribution in [0.1, 0.15) is 41.5 Å². The monoisotopic (exact) mass is 271 g/mol. The molecule has 1 aliphatic rings. The van der Waals surface area contributed by atoms with E-state index in [0.29, 0.717) is 6.04 Å². The Balaban J connectivity index is 2.05. The van der Waals surface area contributed by atoms with Gasteiger partial charge in [-0.1, -0.05) is 30.3 Å². The van der Waals surface area contributed by atoms with Crippen molar-refractivity contribution in [3.8, 4) is 5.75 Å². The van der Waals surface area contributed by atoms with Crippen LogP contribution in [0.5, 0.6) is 5.75 Å². The van der Waals surface area contributed by atoms with Crippen molar-refractivity contribution in [1.29, 1.82) is 0 Å². The van der Waals surface area contributed by atoms with Crippen LogP contribution in [-0.4, -0.2) is 12.2 Å². The Morgan fingerprint density at radius 1 is 1.10 bits per heavy atom. The zero-order valence-corrected chi connectivity index (χ0v) is 11.4. The molecule has 0 aliphatic heterocycles. The Morgan fingerprint density at radius 3 is 2.55 bits per heavy atom. The summed E-state index contributed by atoms with van der Waals surface area (Å²) in [5.74, 6) is -0.607. The zero-order valence-electron chi connectivity index (χ0n) is 11.4. The third-order valence-electron chi connectivity index (χ3n) is 4.21. The second kappa shape index (κ2) is 5.25. The van der Waals surface area contributed by atoms with Gasteiger partial charge in [0, 0.05) is 12.0 Å². The summed E-state index contributed by atoms with van der Waals surface area (Å²) in [7, 11) is 1.98. The van der Waals surface area contributed by atoms with Crippen molar-refractivity contribution in [2.45, 2.75) is 24.8 Å². The number of fused-ring (bicyclic) bond motifs is 1. The lowest BCUT2D eigenvalue weighted by atomic mass is 9.77. The number of rotatable bonds is 2. The summed E-state index contributed by atoms with van der Waals surface area (Å²) in [4.78, 5) is 0. The lowest BCUT2D eigenvalue weighted by molar-refractivity contribution is 0.429. The maximum Gasteiger partial charge on any atom is 0.164 e. The van der Waals surface area contributed by atoms with Crippen LogP contribution in [-0.2, 0) is 0 Å². The fraction of sp³-hybridized carbons (Fsp3) is 0.294. The average Bonchev–Trinajstić information content (AvgIpc) is 2.49. The Bertz CT molecular complexity index is 626. The molecule has 0 saturated heterocycles. The number of phenols is 1. The molecule has 1 aliphatic carbocycles. The predicted octanol–water partition coefficient (Wildman–Crippen LogP) is 3.72. The summed E-state index contributed by atoms with van der Waals surface area (Å²) in [6, 6.07) is 13.4. The van der Waals surface area contributed by atoms with E-state index in [1.807, 2.05) is 19.2 Å². The summed E-state index contributed by atoms with van der Waals surface area (Å²) < 4.78 is 13.2. The number of phenolic OH excluding ortho intramolecular Hbond substituents is 1. The summed E-state index contributed by atoms with van der Waals surface area (Å²) in [5, 5.41) is 12.9. The van der Waals surface area contributed by atoms with Gasteiger partial charge in [-0.2, -0.15) is 0 Å². The lowest BCUT2D eigenvalue weighted by Crippen LogP contribution is -2.24. The van der Waals surface area contributed by atoms with Crippen molar-refractivity contribution in [3.63, 3.8) is 0 Å². The van der Waals surface area contributed by atoms with E-state index in [9.17, 15) is 9.50 Å². The van der Waals surface area contributed by atoms with Crippen LogP contribution in [0.3, 0.4) is 0 Å². The maximum absolute atomic E-state index is 13.2. The molecule has 0 aromatic heterocycles. The van der Waals surface area contributed by atoms with E-state index in [1.54, 1.807) is 12.1 Å². The first-order chi connectivity index (χ1) is 9.70. The number of nitrogens with one attached hydrogen (secondary N) is 1. The molecule has 2 atom stereocenters. The van der Waals surface area contributed by atoms with Gasteiger partial charge in [0.2, 0.25) is 0 Å². The van der Waals surface area contributed by atoms with Crippen molar-refractivity contribution >= 4 is 0 Å². The smallest absolute Gasteiger partial charge is 0.164 e. The molecule has 2 unspecified atom stereocenters. The topological polar surface area (TPSA) is 32.3 Å². The van der Waals surface area contributed by atoms with Gasteiger partial charge in [0.05, 0.1) is 0 Å². The standard InChI is InChI=1S/C17H18FNO/c1-19-16-9-7-12(13-4-2-3-5-14(13)16)11-6-8-15(18)17(20)10-11/h2-6,8,10,12,16,19-20H,7,9H2,1H3. The van der Waals surface area contributed by atoms with Crippen molar-refractivity contribution in [1.82, 2.24) is 5.32 Å². The van der Waals surface area contributed by atoms with E-state index in [-0.39, 0.29) is 11.7 Å². The van der Waals surface area contributed by atoms with E-state index >= 15 is 0 Å². The van der Waals surface area contributed by atoms with Crippen LogP contribution >= 0.6 is 0 Å². The fourth-order valence-corrected chi connectivity index (χ4v) is 3.18. The zero-order chi connectivity index (χ0) is 14.1. The van der Waals surface area contributed by atoms with Crippen molar-refractivity contribution in [2.75, 3.05) is 7.05 Å². The number of hydrogen-bond donors (Lipinski definition) is 2. The molecule has 0 radical (unpaired) electrons. The van der Waals surface area contributed by atoms with Gasteiger partial charge >= 0.3 is 0 Å². The SMILES string of the molecule is CNC1CCC(c2ccc(F)c(O)c2)c2ccccc21. The average molecular weight is 271 g/mol. The van der Waals surface area contributed by atoms with E-state index in [2.05, 4.69) is 17.4 Å². The summed E-state index contributed by atoms with van der Waals surface area (Å²) in [6.45, 7) is 0. The largest absolute Gasteiger partial charge is 0.505 e. The van der Waals surface area contributed by atoms with Gasteiger partial charge in [0.1, 0.15) is 0 Å². The first-order valence-corrected chi connectivity index (χ1v) is 6.95. The first kappa shape index (κ1) is 13.1. The van der Waals surface area contributed by atoms with Crippen molar-refractivity contribution in [2.24, 2.45) is 0 Å². The van der Waals surface area contributed by atoms with Gasteiger partial charge in [-0.05, 0) is 48.7 Å². The van der Waals surface area contributed by atoms with Crippen LogP contribution in [0.2, 0.25) is 0 Å². The molecule has 0 amide bonds. The third kappa shape index (κ3) is 2.18. The molecule has 104 valence electrons. The van der Waals surface area contributed by atoms with Gasteiger partial charge in [-0.15, -0.1) is 0 Å². The normalized spacial score (nSPS) is 21.5. The van der Waals surface area contributed by atoms with Gasteiger partial charge < -0.3 is 10.4 Å². The van der Waals surface area contributed by atoms with Crippen LogP contribution in [0, 0.1) is 5.82 Å². The third-order valence-corrected chi connectivity index (χ3v) is 4.21. The molecule has 2 aromatic rings. The minimum absolute atomic E-state index is 0.224. The molecule has 0 fully saturated rings. The molecule has 0 saturated carbocycles. The number of benzene rings is 2. The summed E-state index contributed by atoms with van der Waals surface area (Å²) in [6.07, 6.45) is 2.03. The molecule has 2 nitrogen and oxygen atoms in total. The highest BCUT2D eigenvalue weighted by Crippen LogP contribution is 2.41. The Hall–Kier alpha value is -1.87. The van der Waals surface area contributed by atoms with Crippen LogP contribution in [0.25, 0.3) is 0 Å². The van der Waals surface area contributed by atoms with E-state index < -0.39 is 5.82 Å². The van der Waals surface area contributed by atoms with Gasteiger partial charge in [0.25, 0.3) is 0 Å². The number of halogens is 1. The summed E-state index contributed by atoms with van der Waals surface area (Å²) in [5.41, 5.74) is 3.55. The first-order valence-electron chi connectivity index (χ1n) is 6.95. The highest BCUT2D eigenvalue weighted by Gasteiger charge is 2.27. The van der Waals surface area contributed by atoms with E-state index in [1.165, 1.54) is 17.2 Å². The molecule has 0 heterocycles. The highest BCUT2D eigenvalue weighted by molar-refractivity contribution is 5.43. The van der Waals surface area contributed by atoms with Gasteiger partial charge in [-0.25, -0.2) is 4.39 Å². The van der Waals surface area contributed by atoms with Gasteiger partial charge in [0.15, 0.2) is 11.6 Å². The molecule has 2 aromatic carbocycles. The minimum atomic E-state index is -0.564. The molecule has 3 rings (SSSR count). The van der Waals surface area contributed by atoms with Gasteiger partial charge in [-0.3, -0.25) is 0 Å². The molecule has 20 heavy (non-hydrogen) atoms. The Kier molecular flexibility index (Phi) is 3.45. The highest BCUT2D eigenvalue weighted by atomic mass is 19.1. The van der Waals surface area contributed by atoms with Crippen LogP contribution in [0.4, 0.5) is 4.39 Å².